The van der Waals surface area contributed by atoms with E-state index in [4.69, 9.17) is 4.52 Å². The number of benzene rings is 1. The largest absolute Gasteiger partial charge is 0.360 e. The van der Waals surface area contributed by atoms with E-state index in [-0.39, 0.29) is 24.4 Å². The van der Waals surface area contributed by atoms with E-state index in [2.05, 4.69) is 20.4 Å². The molecule has 0 aliphatic carbocycles. The van der Waals surface area contributed by atoms with Crippen LogP contribution in [0.5, 0.6) is 0 Å². The molecule has 2 aromatic heterocycles. The Kier molecular flexibility index (Phi) is 5.16. The third kappa shape index (κ3) is 3.94. The number of nitrogens with zero attached hydrogens (tertiary/aromatic N) is 6. The molecule has 3 heterocycles. The molecule has 0 bridgehead atoms. The smallest absolute Gasteiger partial charge is 0.277 e. The van der Waals surface area contributed by atoms with Gasteiger partial charge in [-0.15, -0.1) is 5.10 Å². The fourth-order valence-electron chi connectivity index (χ4n) is 3.40. The second kappa shape index (κ2) is 7.89. The van der Waals surface area contributed by atoms with Gasteiger partial charge in [-0.25, -0.2) is 4.68 Å². The molecule has 1 amide bonds. The summed E-state index contributed by atoms with van der Waals surface area (Å²) in [4.78, 5) is 29.1. The maximum absolute atomic E-state index is 12.5. The van der Waals surface area contributed by atoms with Crippen LogP contribution >= 0.6 is 0 Å². The molecule has 0 spiro atoms. The molecule has 0 saturated carbocycles. The standard InChI is InChI=1S/C19H22N6O3/c1-14-12-15(28-21-14)13-23-8-10-24(11-9-23)18(26)6-7-25-19(27)16-4-2-3-5-17(16)20-22-25/h2-5,12H,6-11,13H2,1H3. The highest BCUT2D eigenvalue weighted by Gasteiger charge is 2.22. The first-order valence-electron chi connectivity index (χ1n) is 9.35. The molecule has 1 aromatic carbocycles. The molecule has 1 aliphatic rings. The Bertz CT molecular complexity index is 1040. The Balaban J connectivity index is 1.30. The number of hydrogen-bond donors (Lipinski definition) is 0. The van der Waals surface area contributed by atoms with E-state index >= 15 is 0 Å². The van der Waals surface area contributed by atoms with Crippen molar-refractivity contribution in [3.63, 3.8) is 0 Å². The van der Waals surface area contributed by atoms with Gasteiger partial charge < -0.3 is 9.42 Å². The normalized spacial score (nSPS) is 15.2. The van der Waals surface area contributed by atoms with E-state index in [9.17, 15) is 9.59 Å². The molecule has 28 heavy (non-hydrogen) atoms. The van der Waals surface area contributed by atoms with Gasteiger partial charge in [-0.05, 0) is 19.1 Å². The van der Waals surface area contributed by atoms with Crippen LogP contribution in [0.25, 0.3) is 10.9 Å². The molecular formula is C19H22N6O3. The van der Waals surface area contributed by atoms with Gasteiger partial charge in [0.1, 0.15) is 5.52 Å². The number of fused-ring (bicyclic) bond motifs is 1. The van der Waals surface area contributed by atoms with Gasteiger partial charge in [0.25, 0.3) is 5.56 Å². The number of hydrogen-bond acceptors (Lipinski definition) is 7. The van der Waals surface area contributed by atoms with Crippen molar-refractivity contribution in [3.8, 4) is 0 Å². The zero-order valence-corrected chi connectivity index (χ0v) is 15.7. The molecule has 0 radical (unpaired) electrons. The summed E-state index contributed by atoms with van der Waals surface area (Å²) in [6.07, 6.45) is 0.230. The van der Waals surface area contributed by atoms with Gasteiger partial charge in [0.2, 0.25) is 5.91 Å². The topological polar surface area (TPSA) is 97.4 Å². The van der Waals surface area contributed by atoms with Gasteiger partial charge in [-0.3, -0.25) is 14.5 Å². The summed E-state index contributed by atoms with van der Waals surface area (Å²) in [6.45, 7) is 5.70. The summed E-state index contributed by atoms with van der Waals surface area (Å²) in [6, 6.07) is 9.01. The Morgan fingerprint density at radius 2 is 1.96 bits per heavy atom. The minimum atomic E-state index is -0.217. The lowest BCUT2D eigenvalue weighted by molar-refractivity contribution is -0.133. The summed E-state index contributed by atoms with van der Waals surface area (Å²) < 4.78 is 6.52. The lowest BCUT2D eigenvalue weighted by Crippen LogP contribution is -2.48. The SMILES string of the molecule is Cc1cc(CN2CCN(C(=O)CCn3nnc4ccccc4c3=O)CC2)on1. The van der Waals surface area contributed by atoms with Crippen molar-refractivity contribution in [1.82, 2.24) is 30.0 Å². The highest BCUT2D eigenvalue weighted by atomic mass is 16.5. The number of aromatic nitrogens is 4. The minimum Gasteiger partial charge on any atom is -0.360 e. The van der Waals surface area contributed by atoms with Gasteiger partial charge in [-0.1, -0.05) is 22.5 Å². The van der Waals surface area contributed by atoms with E-state index in [1.165, 1.54) is 4.68 Å². The highest BCUT2D eigenvalue weighted by molar-refractivity contribution is 5.77. The summed E-state index contributed by atoms with van der Waals surface area (Å²) in [5, 5.41) is 12.4. The highest BCUT2D eigenvalue weighted by Crippen LogP contribution is 2.11. The lowest BCUT2D eigenvalue weighted by atomic mass is 10.2. The average Bonchev–Trinajstić information content (AvgIpc) is 3.12. The quantitative estimate of drug-likeness (QED) is 0.644. The van der Waals surface area contributed by atoms with Crippen molar-refractivity contribution in [3.05, 3.63) is 52.1 Å². The molecule has 3 aromatic rings. The van der Waals surface area contributed by atoms with Crippen molar-refractivity contribution >= 4 is 16.8 Å². The molecule has 9 heteroatoms. The number of aryl methyl sites for hydroxylation is 2. The average molecular weight is 382 g/mol. The van der Waals surface area contributed by atoms with Crippen LogP contribution < -0.4 is 5.56 Å². The number of carbonyl (C=O) groups excluding carboxylic acids is 1. The van der Waals surface area contributed by atoms with Crippen LogP contribution in [0.1, 0.15) is 17.9 Å². The Hall–Kier alpha value is -3.07. The van der Waals surface area contributed by atoms with Gasteiger partial charge in [0.05, 0.1) is 24.2 Å². The van der Waals surface area contributed by atoms with E-state index in [0.717, 1.165) is 24.5 Å². The van der Waals surface area contributed by atoms with Crippen molar-refractivity contribution in [1.29, 1.82) is 0 Å². The third-order valence-electron chi connectivity index (χ3n) is 4.95. The van der Waals surface area contributed by atoms with E-state index in [1.807, 2.05) is 24.0 Å². The molecule has 146 valence electrons. The van der Waals surface area contributed by atoms with Gasteiger partial charge >= 0.3 is 0 Å². The fraction of sp³-hybridized carbons (Fsp3) is 0.421. The van der Waals surface area contributed by atoms with Crippen LogP contribution in [0.15, 0.2) is 39.6 Å². The van der Waals surface area contributed by atoms with Crippen LogP contribution in [-0.4, -0.2) is 62.0 Å². The molecular weight excluding hydrogens is 360 g/mol. The van der Waals surface area contributed by atoms with Crippen LogP contribution in [-0.2, 0) is 17.9 Å². The monoisotopic (exact) mass is 382 g/mol. The Labute approximate surface area is 161 Å². The number of rotatable bonds is 5. The van der Waals surface area contributed by atoms with Crippen molar-refractivity contribution in [2.75, 3.05) is 26.2 Å². The molecule has 0 unspecified atom stereocenters. The van der Waals surface area contributed by atoms with Crippen molar-refractivity contribution in [2.24, 2.45) is 0 Å². The number of carbonyl (C=O) groups is 1. The van der Waals surface area contributed by atoms with Crippen LogP contribution in [0.3, 0.4) is 0 Å². The molecule has 1 aliphatic heterocycles. The number of piperazine rings is 1. The molecule has 1 saturated heterocycles. The van der Waals surface area contributed by atoms with Crippen molar-refractivity contribution in [2.45, 2.75) is 26.4 Å². The molecule has 4 rings (SSSR count). The van der Waals surface area contributed by atoms with Gasteiger partial charge in [0.15, 0.2) is 5.76 Å². The third-order valence-corrected chi connectivity index (χ3v) is 4.95. The zero-order chi connectivity index (χ0) is 19.5. The second-order valence-electron chi connectivity index (χ2n) is 6.98. The molecule has 0 N–H and O–H groups in total. The van der Waals surface area contributed by atoms with Gasteiger partial charge in [0, 0.05) is 38.7 Å². The van der Waals surface area contributed by atoms with E-state index < -0.39 is 0 Å². The molecule has 1 fully saturated rings. The van der Waals surface area contributed by atoms with Crippen molar-refractivity contribution < 1.29 is 9.32 Å². The maximum Gasteiger partial charge on any atom is 0.277 e. The fourth-order valence-corrected chi connectivity index (χ4v) is 3.40. The summed E-state index contributed by atoms with van der Waals surface area (Å²) in [7, 11) is 0. The van der Waals surface area contributed by atoms with Crippen LogP contribution in [0, 0.1) is 6.92 Å². The Morgan fingerprint density at radius 1 is 1.18 bits per heavy atom. The first-order chi connectivity index (χ1) is 13.6. The predicted molar refractivity (Wildman–Crippen MR) is 102 cm³/mol. The predicted octanol–water partition coefficient (Wildman–Crippen LogP) is 0.822. The lowest BCUT2D eigenvalue weighted by Gasteiger charge is -2.34. The second-order valence-corrected chi connectivity index (χ2v) is 6.98. The summed E-state index contributed by atoms with van der Waals surface area (Å²) >= 11 is 0. The number of amides is 1. The van der Waals surface area contributed by atoms with E-state index in [0.29, 0.717) is 30.5 Å². The van der Waals surface area contributed by atoms with E-state index in [1.54, 1.807) is 18.2 Å². The maximum atomic E-state index is 12.5. The first-order valence-corrected chi connectivity index (χ1v) is 9.35. The first kappa shape index (κ1) is 18.3. The summed E-state index contributed by atoms with van der Waals surface area (Å²) in [5.41, 5.74) is 1.22. The minimum absolute atomic E-state index is 0.0250. The zero-order valence-electron chi connectivity index (χ0n) is 15.7. The van der Waals surface area contributed by atoms with Crippen LogP contribution in [0.4, 0.5) is 0 Å². The van der Waals surface area contributed by atoms with Crippen LogP contribution in [0.2, 0.25) is 0 Å². The Morgan fingerprint density at radius 3 is 2.71 bits per heavy atom. The van der Waals surface area contributed by atoms with Gasteiger partial charge in [-0.2, -0.15) is 0 Å². The molecule has 0 atom stereocenters. The summed E-state index contributed by atoms with van der Waals surface area (Å²) in [5.74, 6) is 0.864. The molecule has 9 nitrogen and oxygen atoms in total.